The molecule has 0 spiro atoms. The summed E-state index contributed by atoms with van der Waals surface area (Å²) in [5.41, 5.74) is 12.1. The Hall–Kier alpha value is -6.12. The molecule has 0 fully saturated rings. The van der Waals surface area contributed by atoms with Crippen molar-refractivity contribution in [1.82, 2.24) is 4.57 Å². The van der Waals surface area contributed by atoms with Crippen LogP contribution < -0.4 is 4.74 Å². The van der Waals surface area contributed by atoms with Crippen molar-refractivity contribution in [3.05, 3.63) is 163 Å². The highest BCUT2D eigenvalue weighted by Gasteiger charge is 2.21. The molecule has 10 rings (SSSR count). The van der Waals surface area contributed by atoms with E-state index in [0.29, 0.717) is 0 Å². The summed E-state index contributed by atoms with van der Waals surface area (Å²) in [6.07, 6.45) is 0. The van der Waals surface area contributed by atoms with Gasteiger partial charge in [-0.15, -0.1) is 0 Å². The first-order valence-electron chi connectivity index (χ1n) is 16.2. The van der Waals surface area contributed by atoms with Gasteiger partial charge in [0.25, 0.3) is 0 Å². The van der Waals surface area contributed by atoms with Crippen LogP contribution in [0.2, 0.25) is 0 Å². The predicted molar refractivity (Wildman–Crippen MR) is 197 cm³/mol. The number of fused-ring (bicyclic) bond motifs is 6. The Morgan fingerprint density at radius 3 is 2.00 bits per heavy atom. The fraction of sp³-hybridized carbons (Fsp3) is 0.0222. The Morgan fingerprint density at radius 2 is 1.13 bits per heavy atom. The minimum Gasteiger partial charge on any atom is -0.456 e. The Labute approximate surface area is 272 Å². The van der Waals surface area contributed by atoms with Crippen LogP contribution in [0.1, 0.15) is 5.56 Å². The van der Waals surface area contributed by atoms with Gasteiger partial charge < -0.3 is 9.30 Å². The van der Waals surface area contributed by atoms with Gasteiger partial charge in [-0.3, -0.25) is 0 Å². The van der Waals surface area contributed by atoms with E-state index in [0.717, 1.165) is 17.1 Å². The monoisotopic (exact) mass is 599 g/mol. The highest BCUT2D eigenvalue weighted by Crippen LogP contribution is 2.47. The van der Waals surface area contributed by atoms with Crippen LogP contribution in [0, 0.1) is 6.92 Å². The molecule has 9 aromatic rings. The molecule has 1 aliphatic heterocycles. The molecule has 0 saturated carbocycles. The largest absolute Gasteiger partial charge is 0.456 e. The molecule has 0 saturated heterocycles. The second-order valence-electron chi connectivity index (χ2n) is 12.6. The van der Waals surface area contributed by atoms with E-state index in [-0.39, 0.29) is 0 Å². The van der Waals surface area contributed by atoms with Gasteiger partial charge in [-0.05, 0) is 105 Å². The third-order valence-corrected chi connectivity index (χ3v) is 9.94. The molecule has 2 heterocycles. The van der Waals surface area contributed by atoms with Crippen molar-refractivity contribution >= 4 is 43.4 Å². The second-order valence-corrected chi connectivity index (χ2v) is 12.6. The highest BCUT2D eigenvalue weighted by molar-refractivity contribution is 6.15. The highest BCUT2D eigenvalue weighted by atomic mass is 16.5. The minimum absolute atomic E-state index is 0.903. The number of hydrogen-bond donors (Lipinski definition) is 0. The van der Waals surface area contributed by atoms with Crippen molar-refractivity contribution in [3.8, 4) is 50.6 Å². The number of benzene rings is 8. The molecule has 0 radical (unpaired) electrons. The number of hydrogen-bond acceptors (Lipinski definition) is 1. The van der Waals surface area contributed by atoms with E-state index in [2.05, 4.69) is 169 Å². The van der Waals surface area contributed by atoms with Crippen LogP contribution >= 0.6 is 0 Å². The summed E-state index contributed by atoms with van der Waals surface area (Å²) < 4.78 is 8.79. The fourth-order valence-corrected chi connectivity index (χ4v) is 7.72. The van der Waals surface area contributed by atoms with Gasteiger partial charge in [-0.1, -0.05) is 109 Å². The van der Waals surface area contributed by atoms with E-state index in [1.54, 1.807) is 0 Å². The zero-order chi connectivity index (χ0) is 31.1. The van der Waals surface area contributed by atoms with Gasteiger partial charge in [0.2, 0.25) is 0 Å². The first-order valence-corrected chi connectivity index (χ1v) is 16.2. The quantitative estimate of drug-likeness (QED) is 0.197. The number of aryl methyl sites for hydroxylation is 1. The van der Waals surface area contributed by atoms with Crippen molar-refractivity contribution in [2.75, 3.05) is 0 Å². The topological polar surface area (TPSA) is 14.2 Å². The lowest BCUT2D eigenvalue weighted by Gasteiger charge is -2.22. The molecule has 0 N–H and O–H groups in total. The lowest BCUT2D eigenvalue weighted by molar-refractivity contribution is 0.487. The van der Waals surface area contributed by atoms with E-state index in [1.807, 2.05) is 0 Å². The normalized spacial score (nSPS) is 12.1. The maximum Gasteiger partial charge on any atom is 0.135 e. The minimum atomic E-state index is 0.903. The van der Waals surface area contributed by atoms with Gasteiger partial charge >= 0.3 is 0 Å². The van der Waals surface area contributed by atoms with Gasteiger partial charge in [0, 0.05) is 27.4 Å². The van der Waals surface area contributed by atoms with E-state index >= 15 is 0 Å². The van der Waals surface area contributed by atoms with E-state index in [1.165, 1.54) is 82.4 Å². The zero-order valence-electron chi connectivity index (χ0n) is 25.9. The van der Waals surface area contributed by atoms with Crippen LogP contribution in [0.5, 0.6) is 11.5 Å². The summed E-state index contributed by atoms with van der Waals surface area (Å²) in [7, 11) is 0. The number of nitrogens with zero attached hydrogens (tertiary/aromatic N) is 1. The summed E-state index contributed by atoms with van der Waals surface area (Å²) in [6.45, 7) is 2.26. The average molecular weight is 600 g/mol. The van der Waals surface area contributed by atoms with Crippen LogP contribution in [0.3, 0.4) is 0 Å². The molecule has 0 amide bonds. The zero-order valence-corrected chi connectivity index (χ0v) is 25.9. The first-order chi connectivity index (χ1) is 23.2. The predicted octanol–water partition coefficient (Wildman–Crippen LogP) is 12.5. The lowest BCUT2D eigenvalue weighted by atomic mass is 9.91. The second kappa shape index (κ2) is 9.94. The smallest absolute Gasteiger partial charge is 0.135 e. The Bertz CT molecular complexity index is 2710. The van der Waals surface area contributed by atoms with Gasteiger partial charge in [-0.25, -0.2) is 0 Å². The van der Waals surface area contributed by atoms with Gasteiger partial charge in [-0.2, -0.15) is 0 Å². The maximum absolute atomic E-state index is 6.36. The summed E-state index contributed by atoms with van der Waals surface area (Å²) in [6, 6.07) is 57.0. The molecule has 2 heteroatoms. The fourth-order valence-electron chi connectivity index (χ4n) is 7.72. The maximum atomic E-state index is 6.36. The van der Waals surface area contributed by atoms with Crippen LogP contribution in [0.15, 0.2) is 158 Å². The average Bonchev–Trinajstić information content (AvgIpc) is 3.46. The Morgan fingerprint density at radius 1 is 0.447 bits per heavy atom. The van der Waals surface area contributed by atoms with Gasteiger partial charge in [0.1, 0.15) is 11.5 Å². The molecule has 8 aromatic carbocycles. The molecule has 47 heavy (non-hydrogen) atoms. The van der Waals surface area contributed by atoms with Crippen LogP contribution in [-0.4, -0.2) is 4.57 Å². The molecule has 0 atom stereocenters. The molecule has 0 aliphatic carbocycles. The molecule has 2 nitrogen and oxygen atoms in total. The number of para-hydroxylation sites is 1. The molecule has 0 bridgehead atoms. The van der Waals surface area contributed by atoms with Crippen LogP contribution in [0.25, 0.3) is 82.4 Å². The van der Waals surface area contributed by atoms with Crippen LogP contribution in [0.4, 0.5) is 0 Å². The number of ether oxygens (including phenoxy) is 1. The van der Waals surface area contributed by atoms with Crippen molar-refractivity contribution in [2.24, 2.45) is 0 Å². The number of rotatable bonds is 3. The van der Waals surface area contributed by atoms with Crippen LogP contribution in [-0.2, 0) is 0 Å². The standard InChI is InChI=1S/C45H29NO/c1-28-36-14-3-2-9-34(36)27-40-37-15-4-5-17-41(37)46(45(28)40)35-22-19-29(20-23-35)31-12-6-13-32(25-31)33-21-24-42-39(26-33)38-16-7-10-30-11-8-18-43(47-42)44(30)38/h2-27H,1H3. The van der Waals surface area contributed by atoms with E-state index in [9.17, 15) is 0 Å². The molecule has 0 unspecified atom stereocenters. The third-order valence-electron chi connectivity index (χ3n) is 9.94. The summed E-state index contributed by atoms with van der Waals surface area (Å²) in [5.74, 6) is 1.83. The molecule has 220 valence electrons. The summed E-state index contributed by atoms with van der Waals surface area (Å²) in [5, 5.41) is 7.54. The van der Waals surface area contributed by atoms with Crippen molar-refractivity contribution in [2.45, 2.75) is 6.92 Å². The third kappa shape index (κ3) is 3.92. The molecule has 1 aliphatic rings. The van der Waals surface area contributed by atoms with Crippen molar-refractivity contribution in [3.63, 3.8) is 0 Å². The number of aromatic nitrogens is 1. The molecular weight excluding hydrogens is 571 g/mol. The molecular formula is C45H29NO. The van der Waals surface area contributed by atoms with Crippen molar-refractivity contribution < 1.29 is 4.74 Å². The first kappa shape index (κ1) is 26.1. The SMILES string of the molecule is Cc1c2ccccc2cc2c3ccccc3n(-c3ccc(-c4cccc(-c5ccc6c(c5)-c5cccc7cccc(c57)O6)c4)cc3)c12. The Balaban J connectivity index is 1.06. The molecule has 1 aromatic heterocycles. The van der Waals surface area contributed by atoms with Gasteiger partial charge in [0.05, 0.1) is 11.0 Å². The Kier molecular flexibility index (Phi) is 5.53. The van der Waals surface area contributed by atoms with E-state index in [4.69, 9.17) is 4.74 Å². The lowest BCUT2D eigenvalue weighted by Crippen LogP contribution is -1.97. The summed E-state index contributed by atoms with van der Waals surface area (Å²) >= 11 is 0. The summed E-state index contributed by atoms with van der Waals surface area (Å²) in [4.78, 5) is 0. The van der Waals surface area contributed by atoms with E-state index < -0.39 is 0 Å². The van der Waals surface area contributed by atoms with Crippen molar-refractivity contribution in [1.29, 1.82) is 0 Å². The van der Waals surface area contributed by atoms with Gasteiger partial charge in [0.15, 0.2) is 0 Å².